The largest absolute Gasteiger partial charge is 0.271 e. The molecule has 2 rings (SSSR count). The maximum absolute atomic E-state index is 6.23. The van der Waals surface area contributed by atoms with Crippen molar-refractivity contribution in [2.75, 3.05) is 0 Å². The SMILES string of the molecule is CC(C)n1ncc(Cl)c1C(Cc1ccsc1)NN. The summed E-state index contributed by atoms with van der Waals surface area (Å²) in [6.45, 7) is 4.15. The van der Waals surface area contributed by atoms with Gasteiger partial charge in [0.1, 0.15) is 0 Å². The Labute approximate surface area is 116 Å². The highest BCUT2D eigenvalue weighted by molar-refractivity contribution is 7.07. The number of rotatable bonds is 5. The third-order valence-electron chi connectivity index (χ3n) is 2.83. The molecule has 0 bridgehead atoms. The molecule has 0 amide bonds. The Morgan fingerprint density at radius 1 is 1.56 bits per heavy atom. The number of hydrazine groups is 1. The molecule has 0 aromatic carbocycles. The molecule has 4 nitrogen and oxygen atoms in total. The second-order valence-corrected chi connectivity index (χ2v) is 5.66. The van der Waals surface area contributed by atoms with E-state index in [2.05, 4.69) is 41.2 Å². The van der Waals surface area contributed by atoms with Crippen LogP contribution in [0, 0.1) is 0 Å². The molecule has 3 N–H and O–H groups in total. The van der Waals surface area contributed by atoms with E-state index in [1.165, 1.54) is 5.56 Å². The number of hydrogen-bond donors (Lipinski definition) is 2. The highest BCUT2D eigenvalue weighted by atomic mass is 35.5. The number of halogens is 1. The van der Waals surface area contributed by atoms with Crippen molar-refractivity contribution >= 4 is 22.9 Å². The van der Waals surface area contributed by atoms with Crippen LogP contribution in [-0.4, -0.2) is 9.78 Å². The molecular formula is C12H17ClN4S. The second kappa shape index (κ2) is 5.84. The zero-order valence-electron chi connectivity index (χ0n) is 10.4. The fourth-order valence-electron chi connectivity index (χ4n) is 1.97. The van der Waals surface area contributed by atoms with Gasteiger partial charge in [0.2, 0.25) is 0 Å². The number of aromatic nitrogens is 2. The predicted molar refractivity (Wildman–Crippen MR) is 75.7 cm³/mol. The van der Waals surface area contributed by atoms with Gasteiger partial charge in [-0.25, -0.2) is 0 Å². The lowest BCUT2D eigenvalue weighted by Gasteiger charge is -2.19. The third kappa shape index (κ3) is 2.75. The van der Waals surface area contributed by atoms with Crippen LogP contribution >= 0.6 is 22.9 Å². The molecule has 1 atom stereocenters. The molecule has 0 aliphatic heterocycles. The van der Waals surface area contributed by atoms with Crippen molar-refractivity contribution in [1.29, 1.82) is 0 Å². The van der Waals surface area contributed by atoms with Gasteiger partial charge in [-0.05, 0) is 42.7 Å². The van der Waals surface area contributed by atoms with Gasteiger partial charge >= 0.3 is 0 Å². The fourth-order valence-corrected chi connectivity index (χ4v) is 2.91. The molecule has 0 aliphatic rings. The zero-order valence-corrected chi connectivity index (χ0v) is 12.0. The van der Waals surface area contributed by atoms with Gasteiger partial charge in [0.25, 0.3) is 0 Å². The maximum Gasteiger partial charge on any atom is 0.0834 e. The average molecular weight is 285 g/mol. The lowest BCUT2D eigenvalue weighted by atomic mass is 10.1. The molecule has 1 unspecified atom stereocenters. The maximum atomic E-state index is 6.23. The molecule has 2 aromatic rings. The van der Waals surface area contributed by atoms with Gasteiger partial charge in [-0.15, -0.1) is 0 Å². The van der Waals surface area contributed by atoms with E-state index in [1.54, 1.807) is 17.5 Å². The first kappa shape index (κ1) is 13.5. The number of hydrogen-bond acceptors (Lipinski definition) is 4. The Balaban J connectivity index is 2.29. The van der Waals surface area contributed by atoms with Gasteiger partial charge in [-0.2, -0.15) is 16.4 Å². The van der Waals surface area contributed by atoms with E-state index >= 15 is 0 Å². The highest BCUT2D eigenvalue weighted by Gasteiger charge is 2.21. The summed E-state index contributed by atoms with van der Waals surface area (Å²) in [4.78, 5) is 0. The summed E-state index contributed by atoms with van der Waals surface area (Å²) < 4.78 is 1.92. The highest BCUT2D eigenvalue weighted by Crippen LogP contribution is 2.27. The molecule has 2 aromatic heterocycles. The van der Waals surface area contributed by atoms with Crippen molar-refractivity contribution in [3.05, 3.63) is 39.3 Å². The topological polar surface area (TPSA) is 55.9 Å². The summed E-state index contributed by atoms with van der Waals surface area (Å²) in [6, 6.07) is 2.32. The molecule has 2 heterocycles. The summed E-state index contributed by atoms with van der Waals surface area (Å²) in [5.74, 6) is 5.67. The molecule has 98 valence electrons. The second-order valence-electron chi connectivity index (χ2n) is 4.47. The van der Waals surface area contributed by atoms with Crippen LogP contribution in [0.2, 0.25) is 5.02 Å². The summed E-state index contributed by atoms with van der Waals surface area (Å²) >= 11 is 7.91. The van der Waals surface area contributed by atoms with Crippen LogP contribution in [0.4, 0.5) is 0 Å². The first-order chi connectivity index (χ1) is 8.63. The van der Waals surface area contributed by atoms with Crippen LogP contribution in [0.15, 0.2) is 23.0 Å². The van der Waals surface area contributed by atoms with E-state index in [0.717, 1.165) is 12.1 Å². The first-order valence-corrected chi connectivity index (χ1v) is 7.15. The van der Waals surface area contributed by atoms with Crippen molar-refractivity contribution in [2.45, 2.75) is 32.4 Å². The summed E-state index contributed by atoms with van der Waals surface area (Å²) in [7, 11) is 0. The summed E-state index contributed by atoms with van der Waals surface area (Å²) in [5.41, 5.74) is 5.03. The predicted octanol–water partition coefficient (Wildman–Crippen LogP) is 2.93. The minimum atomic E-state index is -0.0306. The van der Waals surface area contributed by atoms with E-state index in [-0.39, 0.29) is 12.1 Å². The molecule has 0 fully saturated rings. The van der Waals surface area contributed by atoms with E-state index in [1.807, 2.05) is 4.68 Å². The molecule has 6 heteroatoms. The normalized spacial score (nSPS) is 13.2. The van der Waals surface area contributed by atoms with Crippen LogP contribution in [0.25, 0.3) is 0 Å². The number of nitrogens with zero attached hydrogens (tertiary/aromatic N) is 2. The third-order valence-corrected chi connectivity index (χ3v) is 3.85. The average Bonchev–Trinajstić information content (AvgIpc) is 2.95. The summed E-state index contributed by atoms with van der Waals surface area (Å²) in [5, 5.41) is 9.14. The van der Waals surface area contributed by atoms with Crippen molar-refractivity contribution in [3.8, 4) is 0 Å². The van der Waals surface area contributed by atoms with Crippen LogP contribution in [0.5, 0.6) is 0 Å². The zero-order chi connectivity index (χ0) is 13.1. The van der Waals surface area contributed by atoms with Gasteiger partial charge in [-0.1, -0.05) is 11.6 Å². The Morgan fingerprint density at radius 2 is 2.33 bits per heavy atom. The summed E-state index contributed by atoms with van der Waals surface area (Å²) in [6.07, 6.45) is 2.48. The smallest absolute Gasteiger partial charge is 0.0834 e. The minimum absolute atomic E-state index is 0.0306. The van der Waals surface area contributed by atoms with E-state index in [0.29, 0.717) is 5.02 Å². The van der Waals surface area contributed by atoms with Gasteiger partial charge < -0.3 is 0 Å². The minimum Gasteiger partial charge on any atom is -0.271 e. The lowest BCUT2D eigenvalue weighted by molar-refractivity contribution is 0.448. The number of nitrogens with one attached hydrogen (secondary N) is 1. The van der Waals surface area contributed by atoms with E-state index < -0.39 is 0 Å². The van der Waals surface area contributed by atoms with Crippen molar-refractivity contribution in [1.82, 2.24) is 15.2 Å². The van der Waals surface area contributed by atoms with Crippen LogP contribution in [0.3, 0.4) is 0 Å². The standard InChI is InChI=1S/C12H17ClN4S/c1-8(2)17-12(10(13)6-15-17)11(16-14)5-9-3-4-18-7-9/h3-4,6-8,11,16H,5,14H2,1-2H3. The quantitative estimate of drug-likeness (QED) is 0.656. The fraction of sp³-hybridized carbons (Fsp3) is 0.417. The Hall–Kier alpha value is -0.880. The molecular weight excluding hydrogens is 268 g/mol. The monoisotopic (exact) mass is 284 g/mol. The molecule has 0 saturated carbocycles. The Morgan fingerprint density at radius 3 is 2.89 bits per heavy atom. The molecule has 18 heavy (non-hydrogen) atoms. The van der Waals surface area contributed by atoms with Crippen LogP contribution < -0.4 is 11.3 Å². The van der Waals surface area contributed by atoms with Gasteiger partial charge in [0, 0.05) is 6.04 Å². The molecule has 0 aliphatic carbocycles. The van der Waals surface area contributed by atoms with E-state index in [9.17, 15) is 0 Å². The number of nitrogens with two attached hydrogens (primary N) is 1. The van der Waals surface area contributed by atoms with Crippen molar-refractivity contribution < 1.29 is 0 Å². The van der Waals surface area contributed by atoms with Crippen molar-refractivity contribution in [2.24, 2.45) is 5.84 Å². The van der Waals surface area contributed by atoms with Crippen LogP contribution in [0.1, 0.15) is 37.2 Å². The van der Waals surface area contributed by atoms with Gasteiger partial charge in [0.15, 0.2) is 0 Å². The van der Waals surface area contributed by atoms with Gasteiger partial charge in [-0.3, -0.25) is 16.0 Å². The molecule has 0 radical (unpaired) electrons. The van der Waals surface area contributed by atoms with E-state index in [4.69, 9.17) is 17.4 Å². The lowest BCUT2D eigenvalue weighted by Crippen LogP contribution is -2.32. The Kier molecular flexibility index (Phi) is 4.40. The van der Waals surface area contributed by atoms with Crippen LogP contribution in [-0.2, 0) is 6.42 Å². The molecule has 0 saturated heterocycles. The van der Waals surface area contributed by atoms with Crippen molar-refractivity contribution in [3.63, 3.8) is 0 Å². The number of thiophene rings is 1. The Bertz CT molecular complexity index is 492. The van der Waals surface area contributed by atoms with Gasteiger partial charge in [0.05, 0.1) is 23.0 Å². The first-order valence-electron chi connectivity index (χ1n) is 5.83. The molecule has 0 spiro atoms.